The van der Waals surface area contributed by atoms with Gasteiger partial charge in [-0.05, 0) is 85.8 Å². The number of thiophene rings is 1. The number of carbonyl (C=O) groups excluding carboxylic acids is 2. The van der Waals surface area contributed by atoms with Crippen molar-refractivity contribution in [2.45, 2.75) is 52.0 Å². The maximum Gasteiger partial charge on any atom is 0.306 e. The zero-order valence-corrected chi connectivity index (χ0v) is 21.5. The van der Waals surface area contributed by atoms with E-state index in [1.165, 1.54) is 12.1 Å². The van der Waals surface area contributed by atoms with Crippen LogP contribution in [-0.4, -0.2) is 29.5 Å². The summed E-state index contributed by atoms with van der Waals surface area (Å²) in [5.41, 5.74) is 4.48. The average molecular weight is 522 g/mol. The van der Waals surface area contributed by atoms with Gasteiger partial charge in [-0.1, -0.05) is 30.3 Å². The lowest BCUT2D eigenvalue weighted by atomic mass is 9.50. The molecule has 8 heteroatoms. The van der Waals surface area contributed by atoms with E-state index in [2.05, 4.69) is 5.32 Å². The molecule has 2 saturated carbocycles. The van der Waals surface area contributed by atoms with E-state index < -0.39 is 11.8 Å². The van der Waals surface area contributed by atoms with Gasteiger partial charge in [-0.25, -0.2) is 4.39 Å². The third kappa shape index (κ3) is 4.90. The number of carboxylic acid groups (broad SMARTS) is 1. The first-order chi connectivity index (χ1) is 17.7. The fraction of sp³-hybridized carbons (Fsp3) is 0.345. The van der Waals surface area contributed by atoms with E-state index in [4.69, 9.17) is 9.84 Å². The quantitative estimate of drug-likeness (QED) is 0.373. The Hall–Kier alpha value is -3.52. The van der Waals surface area contributed by atoms with E-state index in [0.29, 0.717) is 6.42 Å². The van der Waals surface area contributed by atoms with E-state index >= 15 is 0 Å². The van der Waals surface area contributed by atoms with Gasteiger partial charge in [0.2, 0.25) is 0 Å². The third-order valence-corrected chi connectivity index (χ3v) is 8.85. The van der Waals surface area contributed by atoms with Crippen molar-refractivity contribution >= 4 is 29.7 Å². The molecule has 37 heavy (non-hydrogen) atoms. The van der Waals surface area contributed by atoms with Crippen molar-refractivity contribution in [3.63, 3.8) is 0 Å². The van der Waals surface area contributed by atoms with Gasteiger partial charge in [-0.3, -0.25) is 14.4 Å². The van der Waals surface area contributed by atoms with Gasteiger partial charge in [0.05, 0.1) is 11.5 Å². The van der Waals surface area contributed by atoms with Crippen molar-refractivity contribution in [2.24, 2.45) is 11.3 Å². The minimum Gasteiger partial charge on any atom is -0.481 e. The Labute approximate surface area is 218 Å². The van der Waals surface area contributed by atoms with Crippen molar-refractivity contribution < 1.29 is 28.6 Å². The van der Waals surface area contributed by atoms with Gasteiger partial charge in [0, 0.05) is 15.8 Å². The Morgan fingerprint density at radius 2 is 1.76 bits per heavy atom. The molecule has 0 aliphatic heterocycles. The lowest BCUT2D eigenvalue weighted by molar-refractivity contribution is -0.155. The molecule has 3 aromatic rings. The summed E-state index contributed by atoms with van der Waals surface area (Å²) in [6.45, 7) is 4.21. The lowest BCUT2D eigenvalue weighted by Crippen LogP contribution is -2.57. The summed E-state index contributed by atoms with van der Waals surface area (Å²) in [5, 5.41) is 12.3. The van der Waals surface area contributed by atoms with Gasteiger partial charge in [0.25, 0.3) is 12.4 Å². The molecular weight excluding hydrogens is 493 g/mol. The SMILES string of the molecule is Cc1sc(C)c(C(=O)NC2CC3(C2)CC(C(=O)O)C3)c1Cc1ccc(-c2ccc(F)c(OC=O)c2)cc1. The van der Waals surface area contributed by atoms with Crippen LogP contribution in [0.4, 0.5) is 4.39 Å². The van der Waals surface area contributed by atoms with Crippen molar-refractivity contribution in [1.82, 2.24) is 5.32 Å². The molecule has 1 aromatic heterocycles. The topological polar surface area (TPSA) is 92.7 Å². The first-order valence-electron chi connectivity index (χ1n) is 12.3. The van der Waals surface area contributed by atoms with Crippen LogP contribution in [0, 0.1) is 31.0 Å². The molecule has 1 heterocycles. The standard InChI is InChI=1S/C29H28FNO5S/c1-16-23(9-18-3-5-19(6-4-18)20-7-8-24(30)25(10-20)36-15-32)26(17(2)37-16)27(33)31-22-13-29(14-22)11-21(12-29)28(34)35/h3-8,10,15,21-22H,9,11-14H2,1-2H3,(H,31,33)(H,34,35). The molecule has 192 valence electrons. The molecule has 2 aliphatic rings. The molecule has 2 fully saturated rings. The summed E-state index contributed by atoms with van der Waals surface area (Å²) in [6.07, 6.45) is 3.75. The maximum absolute atomic E-state index is 13.8. The number of amides is 1. The summed E-state index contributed by atoms with van der Waals surface area (Å²) >= 11 is 1.62. The average Bonchev–Trinajstić information content (AvgIpc) is 3.09. The molecule has 1 spiro atoms. The van der Waals surface area contributed by atoms with E-state index in [-0.39, 0.29) is 35.5 Å². The molecule has 0 atom stereocenters. The predicted molar refractivity (Wildman–Crippen MR) is 138 cm³/mol. The minimum absolute atomic E-state index is 0.0588. The number of aliphatic carboxylic acids is 1. The zero-order chi connectivity index (χ0) is 26.3. The molecule has 5 rings (SSSR count). The summed E-state index contributed by atoms with van der Waals surface area (Å²) < 4.78 is 18.5. The van der Waals surface area contributed by atoms with Gasteiger partial charge in [-0.15, -0.1) is 11.3 Å². The van der Waals surface area contributed by atoms with Gasteiger partial charge in [-0.2, -0.15) is 0 Å². The van der Waals surface area contributed by atoms with Gasteiger partial charge >= 0.3 is 5.97 Å². The van der Waals surface area contributed by atoms with Crippen LogP contribution >= 0.6 is 11.3 Å². The van der Waals surface area contributed by atoms with Crippen molar-refractivity contribution in [3.8, 4) is 16.9 Å². The Balaban J connectivity index is 1.26. The number of hydrogen-bond donors (Lipinski definition) is 2. The zero-order valence-electron chi connectivity index (χ0n) is 20.7. The largest absolute Gasteiger partial charge is 0.481 e. The maximum atomic E-state index is 13.8. The van der Waals surface area contributed by atoms with Crippen molar-refractivity contribution in [2.75, 3.05) is 0 Å². The van der Waals surface area contributed by atoms with Gasteiger partial charge < -0.3 is 15.2 Å². The molecule has 0 saturated heterocycles. The van der Waals surface area contributed by atoms with E-state index in [0.717, 1.165) is 63.3 Å². The fourth-order valence-electron chi connectivity index (χ4n) is 5.92. The molecule has 1 amide bonds. The fourth-order valence-corrected chi connectivity index (χ4v) is 7.00. The van der Waals surface area contributed by atoms with Crippen LogP contribution in [0.2, 0.25) is 0 Å². The normalized spacial score (nSPS) is 22.1. The second-order valence-corrected chi connectivity index (χ2v) is 11.8. The Kier molecular flexibility index (Phi) is 6.62. The van der Waals surface area contributed by atoms with E-state index in [9.17, 15) is 18.8 Å². The molecule has 2 N–H and O–H groups in total. The van der Waals surface area contributed by atoms with Crippen LogP contribution in [0.3, 0.4) is 0 Å². The molecule has 2 aliphatic carbocycles. The minimum atomic E-state index is -0.713. The van der Waals surface area contributed by atoms with Crippen LogP contribution < -0.4 is 10.1 Å². The molecule has 0 bridgehead atoms. The molecule has 0 radical (unpaired) electrons. The first-order valence-corrected chi connectivity index (χ1v) is 13.1. The monoisotopic (exact) mass is 521 g/mol. The second kappa shape index (κ2) is 9.74. The van der Waals surface area contributed by atoms with Gasteiger partial charge in [0.1, 0.15) is 0 Å². The molecule has 6 nitrogen and oxygen atoms in total. The smallest absolute Gasteiger partial charge is 0.306 e. The number of rotatable bonds is 8. The number of nitrogens with one attached hydrogen (secondary N) is 1. The number of ether oxygens (including phenoxy) is 1. The summed E-state index contributed by atoms with van der Waals surface area (Å²) in [6, 6.07) is 12.3. The first kappa shape index (κ1) is 25.1. The van der Waals surface area contributed by atoms with E-state index in [1.807, 2.05) is 38.1 Å². The van der Waals surface area contributed by atoms with Gasteiger partial charge in [0.15, 0.2) is 11.6 Å². The number of aryl methyl sites for hydroxylation is 2. The van der Waals surface area contributed by atoms with Crippen LogP contribution in [-0.2, 0) is 16.0 Å². The van der Waals surface area contributed by atoms with Crippen LogP contribution in [0.25, 0.3) is 11.1 Å². The highest BCUT2D eigenvalue weighted by molar-refractivity contribution is 7.12. The number of hydrogen-bond acceptors (Lipinski definition) is 5. The van der Waals surface area contributed by atoms with Crippen molar-refractivity contribution in [3.05, 3.63) is 74.7 Å². The summed E-state index contributed by atoms with van der Waals surface area (Å²) in [7, 11) is 0. The number of halogens is 1. The van der Waals surface area contributed by atoms with Crippen molar-refractivity contribution in [1.29, 1.82) is 0 Å². The molecule has 2 aromatic carbocycles. The Morgan fingerprint density at radius 1 is 1.08 bits per heavy atom. The van der Waals surface area contributed by atoms with E-state index in [1.54, 1.807) is 17.4 Å². The molecular formula is C29H28FNO5S. The highest BCUT2D eigenvalue weighted by Gasteiger charge is 2.55. The number of benzene rings is 2. The Morgan fingerprint density at radius 3 is 2.41 bits per heavy atom. The second-order valence-electron chi connectivity index (χ2n) is 10.3. The predicted octanol–water partition coefficient (Wildman–Crippen LogP) is 5.67. The summed E-state index contributed by atoms with van der Waals surface area (Å²) in [4.78, 5) is 37.1. The Bertz CT molecular complexity index is 1370. The number of carboxylic acids is 1. The molecule has 0 unspecified atom stereocenters. The van der Waals surface area contributed by atoms with Crippen LogP contribution in [0.1, 0.15) is 56.9 Å². The highest BCUT2D eigenvalue weighted by Crippen LogP contribution is 2.58. The highest BCUT2D eigenvalue weighted by atomic mass is 32.1. The lowest BCUT2D eigenvalue weighted by Gasteiger charge is -2.56. The van der Waals surface area contributed by atoms with Crippen LogP contribution in [0.15, 0.2) is 42.5 Å². The number of carbonyl (C=O) groups is 3. The van der Waals surface area contributed by atoms with Crippen LogP contribution in [0.5, 0.6) is 5.75 Å². The third-order valence-electron chi connectivity index (χ3n) is 7.79. The summed E-state index contributed by atoms with van der Waals surface area (Å²) in [5.74, 6) is -1.72.